The maximum Gasteiger partial charge on any atom is 0.234 e. The summed E-state index contributed by atoms with van der Waals surface area (Å²) in [5.41, 5.74) is 3.19. The first-order valence-corrected chi connectivity index (χ1v) is 6.61. The van der Waals surface area contributed by atoms with Gasteiger partial charge in [-0.15, -0.1) is 0 Å². The van der Waals surface area contributed by atoms with Crippen LogP contribution in [0.2, 0.25) is 0 Å². The second-order valence-electron chi connectivity index (χ2n) is 4.82. The number of rotatable bonds is 2. The highest BCUT2D eigenvalue weighted by Gasteiger charge is 2.26. The van der Waals surface area contributed by atoms with Crippen LogP contribution >= 0.6 is 0 Å². The van der Waals surface area contributed by atoms with E-state index in [-0.39, 0.29) is 5.92 Å². The minimum absolute atomic E-state index is 0.153. The Morgan fingerprint density at radius 3 is 3.05 bits per heavy atom. The zero-order chi connectivity index (χ0) is 13.4. The van der Waals surface area contributed by atoms with E-state index in [1.165, 1.54) is 5.56 Å². The summed E-state index contributed by atoms with van der Waals surface area (Å²) in [6, 6.07) is 10.1. The monoisotopic (exact) mass is 267 g/mol. The van der Waals surface area contributed by atoms with Gasteiger partial charge in [0.1, 0.15) is 6.26 Å². The van der Waals surface area contributed by atoms with Crippen molar-refractivity contribution >= 4 is 5.69 Å². The summed E-state index contributed by atoms with van der Waals surface area (Å²) in [4.78, 5) is 4.51. The number of nitrogens with one attached hydrogen (secondary N) is 1. The first kappa shape index (κ1) is 11.3. The van der Waals surface area contributed by atoms with Crippen LogP contribution in [0.1, 0.15) is 23.8 Å². The highest BCUT2D eigenvalue weighted by Crippen LogP contribution is 2.36. The number of para-hydroxylation sites is 1. The zero-order valence-electron chi connectivity index (χ0n) is 10.7. The van der Waals surface area contributed by atoms with Gasteiger partial charge >= 0.3 is 0 Å². The van der Waals surface area contributed by atoms with Gasteiger partial charge in [0.25, 0.3) is 0 Å². The summed E-state index contributed by atoms with van der Waals surface area (Å²) in [6.07, 6.45) is 4.17. The van der Waals surface area contributed by atoms with Crippen LogP contribution in [0.25, 0.3) is 11.4 Å². The van der Waals surface area contributed by atoms with Crippen LogP contribution in [-0.4, -0.2) is 16.7 Å². The minimum Gasteiger partial charge on any atom is -0.472 e. The lowest BCUT2D eigenvalue weighted by molar-refractivity contribution is 0.361. The molecule has 1 aliphatic heterocycles. The summed E-state index contributed by atoms with van der Waals surface area (Å²) in [6.45, 7) is 0.908. The third-order valence-corrected chi connectivity index (χ3v) is 3.60. The quantitative estimate of drug-likeness (QED) is 0.772. The summed E-state index contributed by atoms with van der Waals surface area (Å²) >= 11 is 0. The molecule has 20 heavy (non-hydrogen) atoms. The highest BCUT2D eigenvalue weighted by molar-refractivity contribution is 5.57. The molecule has 0 bridgehead atoms. The summed E-state index contributed by atoms with van der Waals surface area (Å²) in [5.74, 6) is 1.39. The molecule has 1 N–H and O–H groups in total. The largest absolute Gasteiger partial charge is 0.472 e. The second kappa shape index (κ2) is 4.52. The van der Waals surface area contributed by atoms with Crippen molar-refractivity contribution in [1.82, 2.24) is 10.1 Å². The van der Waals surface area contributed by atoms with Crippen LogP contribution in [0.4, 0.5) is 5.69 Å². The highest BCUT2D eigenvalue weighted by atomic mass is 16.5. The van der Waals surface area contributed by atoms with E-state index in [0.717, 1.165) is 24.2 Å². The van der Waals surface area contributed by atoms with Gasteiger partial charge in [-0.1, -0.05) is 23.4 Å². The fourth-order valence-corrected chi connectivity index (χ4v) is 2.61. The molecule has 5 heteroatoms. The molecule has 0 spiro atoms. The van der Waals surface area contributed by atoms with E-state index < -0.39 is 0 Å². The molecule has 100 valence electrons. The lowest BCUT2D eigenvalue weighted by Gasteiger charge is -2.23. The third-order valence-electron chi connectivity index (χ3n) is 3.60. The summed E-state index contributed by atoms with van der Waals surface area (Å²) in [7, 11) is 0. The van der Waals surface area contributed by atoms with E-state index in [4.69, 9.17) is 8.94 Å². The van der Waals surface area contributed by atoms with Gasteiger partial charge in [-0.2, -0.15) is 4.98 Å². The Kier molecular flexibility index (Phi) is 2.55. The van der Waals surface area contributed by atoms with E-state index in [2.05, 4.69) is 27.6 Å². The molecule has 0 saturated heterocycles. The van der Waals surface area contributed by atoms with Gasteiger partial charge in [0.2, 0.25) is 11.7 Å². The standard InChI is InChI=1S/C15H13N3O2/c1-2-4-13-11(3-1)12(5-7-16-13)15-17-14(18-20-15)10-6-8-19-9-10/h1-4,6,8-9,12,16H,5,7H2. The van der Waals surface area contributed by atoms with Crippen molar-refractivity contribution in [3.05, 3.63) is 54.3 Å². The van der Waals surface area contributed by atoms with Crippen molar-refractivity contribution in [2.75, 3.05) is 11.9 Å². The van der Waals surface area contributed by atoms with Crippen LogP contribution in [0.15, 0.2) is 51.8 Å². The van der Waals surface area contributed by atoms with Crippen molar-refractivity contribution in [3.63, 3.8) is 0 Å². The van der Waals surface area contributed by atoms with Crippen molar-refractivity contribution in [2.45, 2.75) is 12.3 Å². The maximum absolute atomic E-state index is 5.45. The van der Waals surface area contributed by atoms with Gasteiger partial charge in [-0.25, -0.2) is 0 Å². The van der Waals surface area contributed by atoms with E-state index >= 15 is 0 Å². The van der Waals surface area contributed by atoms with Gasteiger partial charge in [0, 0.05) is 12.2 Å². The van der Waals surface area contributed by atoms with Gasteiger partial charge in [-0.05, 0) is 24.1 Å². The SMILES string of the molecule is c1ccc2c(c1)NCCC2c1nc(-c2ccoc2)no1. The number of benzene rings is 1. The lowest BCUT2D eigenvalue weighted by atomic mass is 9.91. The molecule has 1 unspecified atom stereocenters. The van der Waals surface area contributed by atoms with E-state index in [0.29, 0.717) is 11.7 Å². The van der Waals surface area contributed by atoms with Crippen molar-refractivity contribution < 1.29 is 8.94 Å². The third kappa shape index (κ3) is 1.79. The van der Waals surface area contributed by atoms with Crippen molar-refractivity contribution in [1.29, 1.82) is 0 Å². The molecule has 3 aromatic rings. The first-order chi connectivity index (χ1) is 9.92. The molecule has 1 aromatic carbocycles. The molecular weight excluding hydrogens is 254 g/mol. The number of anilines is 1. The lowest BCUT2D eigenvalue weighted by Crippen LogP contribution is -2.17. The van der Waals surface area contributed by atoms with Crippen molar-refractivity contribution in [3.8, 4) is 11.4 Å². The summed E-state index contributed by atoms with van der Waals surface area (Å²) < 4.78 is 10.5. The van der Waals surface area contributed by atoms with E-state index in [1.807, 2.05) is 18.2 Å². The predicted octanol–water partition coefficient (Wildman–Crippen LogP) is 3.28. The molecule has 0 aliphatic carbocycles. The Hall–Kier alpha value is -2.56. The van der Waals surface area contributed by atoms with Crippen molar-refractivity contribution in [2.24, 2.45) is 0 Å². The number of hydrogen-bond donors (Lipinski definition) is 1. The van der Waals surface area contributed by atoms with Gasteiger partial charge in [-0.3, -0.25) is 0 Å². The molecule has 0 saturated carbocycles. The number of hydrogen-bond acceptors (Lipinski definition) is 5. The fraction of sp³-hybridized carbons (Fsp3) is 0.200. The van der Waals surface area contributed by atoms with Crippen LogP contribution < -0.4 is 5.32 Å². The van der Waals surface area contributed by atoms with Gasteiger partial charge < -0.3 is 14.3 Å². The minimum atomic E-state index is 0.153. The van der Waals surface area contributed by atoms with Crippen LogP contribution in [0.3, 0.4) is 0 Å². The average Bonchev–Trinajstić information content (AvgIpc) is 3.17. The van der Waals surface area contributed by atoms with Crippen LogP contribution in [-0.2, 0) is 0 Å². The Balaban J connectivity index is 1.72. The fourth-order valence-electron chi connectivity index (χ4n) is 2.61. The topological polar surface area (TPSA) is 64.1 Å². The van der Waals surface area contributed by atoms with E-state index in [1.54, 1.807) is 12.5 Å². The number of furan rings is 1. The molecule has 0 radical (unpaired) electrons. The summed E-state index contributed by atoms with van der Waals surface area (Å²) in [5, 5.41) is 7.43. The molecule has 2 aromatic heterocycles. The molecular formula is C15H13N3O2. The number of nitrogens with zero attached hydrogens (tertiary/aromatic N) is 2. The Bertz CT molecular complexity index is 718. The van der Waals surface area contributed by atoms with E-state index in [9.17, 15) is 0 Å². The number of aromatic nitrogens is 2. The molecule has 0 amide bonds. The first-order valence-electron chi connectivity index (χ1n) is 6.61. The molecule has 1 aliphatic rings. The van der Waals surface area contributed by atoms with Crippen LogP contribution in [0, 0.1) is 0 Å². The van der Waals surface area contributed by atoms with Crippen LogP contribution in [0.5, 0.6) is 0 Å². The van der Waals surface area contributed by atoms with Gasteiger partial charge in [0.15, 0.2) is 0 Å². The normalized spacial score (nSPS) is 17.5. The molecule has 5 nitrogen and oxygen atoms in total. The zero-order valence-corrected chi connectivity index (χ0v) is 10.7. The predicted molar refractivity (Wildman–Crippen MR) is 73.4 cm³/mol. The molecule has 3 heterocycles. The Morgan fingerprint density at radius 2 is 2.15 bits per heavy atom. The Labute approximate surface area is 115 Å². The molecule has 4 rings (SSSR count). The number of fused-ring (bicyclic) bond motifs is 1. The Morgan fingerprint density at radius 1 is 1.20 bits per heavy atom. The maximum atomic E-state index is 5.45. The van der Waals surface area contributed by atoms with Gasteiger partial charge in [0.05, 0.1) is 17.7 Å². The molecule has 1 atom stereocenters. The smallest absolute Gasteiger partial charge is 0.234 e. The second-order valence-corrected chi connectivity index (χ2v) is 4.82. The molecule has 0 fully saturated rings. The average molecular weight is 267 g/mol.